The molecule has 0 saturated carbocycles. The molecule has 0 bridgehead atoms. The standard InChI is InChI=1S/C10H10N4O/c1-6(15)12-7-4-2-3-5-8-9(7)14-10(11)13-8/h2-5H,1H3,(H3,11,13,14). The lowest BCUT2D eigenvalue weighted by Crippen LogP contribution is -2.03. The first-order valence-electron chi connectivity index (χ1n) is 4.46. The number of hydrogen-bond donors (Lipinski definition) is 2. The first-order valence-corrected chi connectivity index (χ1v) is 4.46. The zero-order valence-electron chi connectivity index (χ0n) is 8.19. The summed E-state index contributed by atoms with van der Waals surface area (Å²) in [4.78, 5) is 21.8. The number of carbonyl (C=O) groups is 1. The van der Waals surface area contributed by atoms with Crippen LogP contribution in [0.5, 0.6) is 0 Å². The van der Waals surface area contributed by atoms with E-state index in [-0.39, 0.29) is 5.91 Å². The van der Waals surface area contributed by atoms with Crippen molar-refractivity contribution in [3.63, 3.8) is 0 Å². The lowest BCUT2D eigenvalue weighted by molar-refractivity contribution is -0.116. The number of nitrogens with zero attached hydrogens (tertiary/aromatic N) is 2. The summed E-state index contributed by atoms with van der Waals surface area (Å²) < 4.78 is 0. The Morgan fingerprint density at radius 3 is 2.93 bits per heavy atom. The quantitative estimate of drug-likeness (QED) is 0.655. The number of aromatic amines is 1. The van der Waals surface area contributed by atoms with Gasteiger partial charge in [-0.15, -0.1) is 0 Å². The van der Waals surface area contributed by atoms with Gasteiger partial charge in [-0.3, -0.25) is 4.79 Å². The van der Waals surface area contributed by atoms with Gasteiger partial charge in [-0.2, -0.15) is 0 Å². The highest BCUT2D eigenvalue weighted by atomic mass is 16.1. The molecule has 0 aliphatic carbocycles. The molecule has 0 atom stereocenters. The van der Waals surface area contributed by atoms with Gasteiger partial charge < -0.3 is 10.7 Å². The third-order valence-electron chi connectivity index (χ3n) is 1.90. The van der Waals surface area contributed by atoms with E-state index in [0.29, 0.717) is 16.8 Å². The third kappa shape index (κ3) is 1.85. The van der Waals surface area contributed by atoms with Crippen LogP contribution in [-0.4, -0.2) is 15.9 Å². The number of fused-ring (bicyclic) bond motifs is 1. The molecule has 2 rings (SSSR count). The second kappa shape index (κ2) is 3.53. The first kappa shape index (κ1) is 9.39. The van der Waals surface area contributed by atoms with Crippen LogP contribution in [0.1, 0.15) is 6.92 Å². The zero-order chi connectivity index (χ0) is 10.8. The summed E-state index contributed by atoms with van der Waals surface area (Å²) >= 11 is 0. The Labute approximate surface area is 85.7 Å². The molecule has 0 radical (unpaired) electrons. The van der Waals surface area contributed by atoms with Crippen molar-refractivity contribution < 1.29 is 4.79 Å². The summed E-state index contributed by atoms with van der Waals surface area (Å²) in [5.41, 5.74) is 6.90. The van der Waals surface area contributed by atoms with E-state index in [4.69, 9.17) is 5.73 Å². The van der Waals surface area contributed by atoms with Gasteiger partial charge in [-0.25, -0.2) is 9.98 Å². The maximum Gasteiger partial charge on any atom is 0.243 e. The van der Waals surface area contributed by atoms with E-state index in [2.05, 4.69) is 15.0 Å². The fourth-order valence-electron chi connectivity index (χ4n) is 1.36. The number of aromatic nitrogens is 2. The van der Waals surface area contributed by atoms with Gasteiger partial charge in [0.05, 0.1) is 10.9 Å². The fraction of sp³-hybridized carbons (Fsp3) is 0.100. The average molecular weight is 202 g/mol. The van der Waals surface area contributed by atoms with E-state index in [0.717, 1.165) is 5.52 Å². The van der Waals surface area contributed by atoms with Crippen molar-refractivity contribution in [2.75, 3.05) is 5.73 Å². The van der Waals surface area contributed by atoms with Crippen molar-refractivity contribution in [1.82, 2.24) is 9.97 Å². The SMILES string of the molecule is CC(=O)N=c1ccccc2[nH]c(N)nc12. The molecule has 0 unspecified atom stereocenters. The van der Waals surface area contributed by atoms with E-state index in [1.807, 2.05) is 12.1 Å². The largest absolute Gasteiger partial charge is 0.369 e. The molecular formula is C10H10N4O. The van der Waals surface area contributed by atoms with Crippen molar-refractivity contribution in [2.24, 2.45) is 4.99 Å². The number of nitrogens with two attached hydrogens (primary N) is 1. The molecule has 0 aliphatic rings. The van der Waals surface area contributed by atoms with Crippen LogP contribution in [0.4, 0.5) is 5.95 Å². The Morgan fingerprint density at radius 2 is 2.20 bits per heavy atom. The number of imidazole rings is 1. The highest BCUT2D eigenvalue weighted by Crippen LogP contribution is 2.05. The predicted octanol–water partition coefficient (Wildman–Crippen LogP) is 0.592. The van der Waals surface area contributed by atoms with Gasteiger partial charge in [-0.05, 0) is 12.1 Å². The van der Waals surface area contributed by atoms with E-state index in [9.17, 15) is 4.79 Å². The normalized spacial score (nSPS) is 11.9. The van der Waals surface area contributed by atoms with Crippen LogP contribution >= 0.6 is 0 Å². The number of nitrogen functional groups attached to an aromatic ring is 1. The molecule has 2 aromatic rings. The van der Waals surface area contributed by atoms with E-state index in [1.54, 1.807) is 12.1 Å². The van der Waals surface area contributed by atoms with Crippen LogP contribution < -0.4 is 11.1 Å². The Kier molecular flexibility index (Phi) is 2.21. The number of carbonyl (C=O) groups excluding carboxylic acids is 1. The summed E-state index contributed by atoms with van der Waals surface area (Å²) in [6.07, 6.45) is 0. The van der Waals surface area contributed by atoms with Crippen molar-refractivity contribution >= 4 is 22.9 Å². The van der Waals surface area contributed by atoms with Gasteiger partial charge in [0.25, 0.3) is 0 Å². The summed E-state index contributed by atoms with van der Waals surface area (Å²) in [7, 11) is 0. The van der Waals surface area contributed by atoms with E-state index < -0.39 is 0 Å². The Morgan fingerprint density at radius 1 is 1.47 bits per heavy atom. The van der Waals surface area contributed by atoms with Crippen LogP contribution in [0.3, 0.4) is 0 Å². The fourth-order valence-corrected chi connectivity index (χ4v) is 1.36. The van der Waals surface area contributed by atoms with Crippen LogP contribution in [-0.2, 0) is 4.79 Å². The lowest BCUT2D eigenvalue weighted by atomic mass is 10.4. The summed E-state index contributed by atoms with van der Waals surface area (Å²) in [6.45, 7) is 1.40. The molecule has 76 valence electrons. The highest BCUT2D eigenvalue weighted by molar-refractivity contribution is 5.79. The summed E-state index contributed by atoms with van der Waals surface area (Å²) in [6, 6.07) is 7.19. The predicted molar refractivity (Wildman–Crippen MR) is 56.8 cm³/mol. The van der Waals surface area contributed by atoms with Crippen LogP contribution in [0, 0.1) is 0 Å². The van der Waals surface area contributed by atoms with Crippen LogP contribution in [0.15, 0.2) is 29.3 Å². The third-order valence-corrected chi connectivity index (χ3v) is 1.90. The highest BCUT2D eigenvalue weighted by Gasteiger charge is 2.00. The van der Waals surface area contributed by atoms with Crippen molar-refractivity contribution in [3.05, 3.63) is 29.6 Å². The molecule has 3 N–H and O–H groups in total. The van der Waals surface area contributed by atoms with Gasteiger partial charge in [0.2, 0.25) is 5.91 Å². The average Bonchev–Trinajstić information content (AvgIpc) is 2.43. The minimum absolute atomic E-state index is 0.260. The second-order valence-corrected chi connectivity index (χ2v) is 3.12. The number of H-pyrrole nitrogens is 1. The lowest BCUT2D eigenvalue weighted by Gasteiger charge is -1.81. The first-order chi connectivity index (χ1) is 7.16. The molecular weight excluding hydrogens is 192 g/mol. The Bertz CT molecular complexity index is 585. The number of amides is 1. The van der Waals surface area contributed by atoms with Crippen molar-refractivity contribution in [2.45, 2.75) is 6.92 Å². The van der Waals surface area contributed by atoms with E-state index in [1.165, 1.54) is 6.92 Å². The summed E-state index contributed by atoms with van der Waals surface area (Å²) in [5.74, 6) is 0.0558. The topological polar surface area (TPSA) is 84.1 Å². The minimum atomic E-state index is -0.260. The number of rotatable bonds is 0. The Balaban J connectivity index is 2.90. The second-order valence-electron chi connectivity index (χ2n) is 3.12. The maximum absolute atomic E-state index is 10.9. The molecule has 0 aliphatic heterocycles. The van der Waals surface area contributed by atoms with Crippen molar-refractivity contribution in [3.8, 4) is 0 Å². The van der Waals surface area contributed by atoms with Crippen LogP contribution in [0.25, 0.3) is 11.0 Å². The Hall–Kier alpha value is -2.17. The molecule has 0 saturated heterocycles. The van der Waals surface area contributed by atoms with E-state index >= 15 is 0 Å². The number of nitrogens with one attached hydrogen (secondary N) is 1. The van der Waals surface area contributed by atoms with Crippen LogP contribution in [0.2, 0.25) is 0 Å². The smallest absolute Gasteiger partial charge is 0.243 e. The zero-order valence-corrected chi connectivity index (χ0v) is 8.19. The van der Waals surface area contributed by atoms with Gasteiger partial charge >= 0.3 is 0 Å². The number of anilines is 1. The molecule has 1 aromatic carbocycles. The monoisotopic (exact) mass is 202 g/mol. The molecule has 5 nitrogen and oxygen atoms in total. The maximum atomic E-state index is 10.9. The molecule has 0 fully saturated rings. The molecule has 5 heteroatoms. The molecule has 1 aromatic heterocycles. The minimum Gasteiger partial charge on any atom is -0.369 e. The van der Waals surface area contributed by atoms with Gasteiger partial charge in [0, 0.05) is 6.92 Å². The molecule has 1 amide bonds. The molecule has 15 heavy (non-hydrogen) atoms. The van der Waals surface area contributed by atoms with Crippen molar-refractivity contribution in [1.29, 1.82) is 0 Å². The van der Waals surface area contributed by atoms with Gasteiger partial charge in [0.1, 0.15) is 5.52 Å². The number of hydrogen-bond acceptors (Lipinski definition) is 3. The van der Waals surface area contributed by atoms with Gasteiger partial charge in [0.15, 0.2) is 5.95 Å². The van der Waals surface area contributed by atoms with Gasteiger partial charge in [-0.1, -0.05) is 12.1 Å². The summed E-state index contributed by atoms with van der Waals surface area (Å²) in [5, 5.41) is 0.524. The molecule has 1 heterocycles. The molecule has 0 spiro atoms.